The van der Waals surface area contributed by atoms with Crippen LogP contribution in [0.1, 0.15) is 24.2 Å². The third-order valence-electron chi connectivity index (χ3n) is 3.87. The molecular formula is C15H18N2O3. The molecule has 2 aliphatic rings. The van der Waals surface area contributed by atoms with Gasteiger partial charge in [0.15, 0.2) is 0 Å². The van der Waals surface area contributed by atoms with Gasteiger partial charge in [0.2, 0.25) is 0 Å². The first-order valence-electron chi connectivity index (χ1n) is 6.84. The molecular weight excluding hydrogens is 256 g/mol. The van der Waals surface area contributed by atoms with E-state index in [2.05, 4.69) is 18.7 Å². The molecule has 2 aliphatic heterocycles. The highest BCUT2D eigenvalue weighted by atomic mass is 16.5. The monoisotopic (exact) mass is 274 g/mol. The van der Waals surface area contributed by atoms with E-state index in [9.17, 15) is 9.59 Å². The van der Waals surface area contributed by atoms with Crippen LogP contribution in [0.5, 0.6) is 0 Å². The van der Waals surface area contributed by atoms with Gasteiger partial charge in [-0.1, -0.05) is 0 Å². The molecule has 0 N–H and O–H groups in total. The zero-order chi connectivity index (χ0) is 14.4. The number of benzene rings is 1. The number of fused-ring (bicyclic) bond motifs is 1. The number of rotatable bonds is 1. The molecule has 0 aliphatic carbocycles. The SMILES string of the molecule is CC1CN(c2ccc3c(c2)N(C)C(=O)C3=O)CC(C)O1. The van der Waals surface area contributed by atoms with E-state index >= 15 is 0 Å². The van der Waals surface area contributed by atoms with E-state index < -0.39 is 11.7 Å². The third-order valence-corrected chi connectivity index (χ3v) is 3.87. The van der Waals surface area contributed by atoms with Crippen molar-refractivity contribution in [1.82, 2.24) is 0 Å². The number of carbonyl (C=O) groups excluding carboxylic acids is 2. The van der Waals surface area contributed by atoms with Gasteiger partial charge in [-0.15, -0.1) is 0 Å². The number of nitrogens with zero attached hydrogens (tertiary/aromatic N) is 2. The number of likely N-dealkylation sites (N-methyl/N-ethyl adjacent to an activating group) is 1. The van der Waals surface area contributed by atoms with E-state index in [1.54, 1.807) is 13.1 Å². The summed E-state index contributed by atoms with van der Waals surface area (Å²) >= 11 is 0. The summed E-state index contributed by atoms with van der Waals surface area (Å²) in [5.74, 6) is -0.876. The first-order chi connectivity index (χ1) is 9.47. The topological polar surface area (TPSA) is 49.9 Å². The molecule has 5 nitrogen and oxygen atoms in total. The molecule has 0 bridgehead atoms. The molecule has 106 valence electrons. The second-order valence-electron chi connectivity index (χ2n) is 5.56. The van der Waals surface area contributed by atoms with Crippen molar-refractivity contribution in [1.29, 1.82) is 0 Å². The van der Waals surface area contributed by atoms with Crippen molar-refractivity contribution in [2.24, 2.45) is 0 Å². The number of amides is 1. The summed E-state index contributed by atoms with van der Waals surface area (Å²) in [7, 11) is 1.64. The maximum Gasteiger partial charge on any atom is 0.299 e. The van der Waals surface area contributed by atoms with Crippen LogP contribution in [0.3, 0.4) is 0 Å². The van der Waals surface area contributed by atoms with Crippen LogP contribution in [-0.4, -0.2) is 44.0 Å². The van der Waals surface area contributed by atoms with Crippen molar-refractivity contribution in [2.45, 2.75) is 26.1 Å². The summed E-state index contributed by atoms with van der Waals surface area (Å²) in [5.41, 5.74) is 2.22. The van der Waals surface area contributed by atoms with Crippen molar-refractivity contribution >= 4 is 23.1 Å². The molecule has 1 aromatic carbocycles. The van der Waals surface area contributed by atoms with E-state index in [1.165, 1.54) is 4.90 Å². The molecule has 2 heterocycles. The minimum absolute atomic E-state index is 0.174. The molecule has 0 spiro atoms. The summed E-state index contributed by atoms with van der Waals surface area (Å²) in [5, 5.41) is 0. The smallest absolute Gasteiger partial charge is 0.299 e. The van der Waals surface area contributed by atoms with Crippen molar-refractivity contribution in [3.63, 3.8) is 0 Å². The Balaban J connectivity index is 1.94. The number of ether oxygens (including phenoxy) is 1. The van der Waals surface area contributed by atoms with Crippen molar-refractivity contribution in [2.75, 3.05) is 29.9 Å². The van der Waals surface area contributed by atoms with Gasteiger partial charge >= 0.3 is 0 Å². The molecule has 0 radical (unpaired) electrons. The lowest BCUT2D eigenvalue weighted by atomic mass is 10.1. The molecule has 20 heavy (non-hydrogen) atoms. The molecule has 0 aromatic heterocycles. The van der Waals surface area contributed by atoms with E-state index in [1.807, 2.05) is 12.1 Å². The van der Waals surface area contributed by atoms with E-state index in [0.717, 1.165) is 18.8 Å². The third kappa shape index (κ3) is 1.98. The average Bonchev–Trinajstić information content (AvgIpc) is 2.62. The second-order valence-corrected chi connectivity index (χ2v) is 5.56. The zero-order valence-electron chi connectivity index (χ0n) is 11.9. The molecule has 1 fully saturated rings. The van der Waals surface area contributed by atoms with Gasteiger partial charge in [-0.05, 0) is 32.0 Å². The van der Waals surface area contributed by atoms with Crippen LogP contribution in [0, 0.1) is 0 Å². The van der Waals surface area contributed by atoms with Gasteiger partial charge in [-0.2, -0.15) is 0 Å². The Hall–Kier alpha value is -1.88. The normalized spacial score (nSPS) is 26.1. The van der Waals surface area contributed by atoms with Crippen LogP contribution in [0.15, 0.2) is 18.2 Å². The minimum atomic E-state index is -0.458. The number of morpholine rings is 1. The summed E-state index contributed by atoms with van der Waals surface area (Å²) < 4.78 is 5.73. The zero-order valence-corrected chi connectivity index (χ0v) is 11.9. The van der Waals surface area contributed by atoms with E-state index in [-0.39, 0.29) is 12.2 Å². The molecule has 0 saturated carbocycles. The fraction of sp³-hybridized carbons (Fsp3) is 0.467. The maximum atomic E-state index is 11.8. The standard InChI is InChI=1S/C15H18N2O3/c1-9-7-17(8-10(2)20-9)11-4-5-12-13(6-11)16(3)15(19)14(12)18/h4-6,9-10H,7-8H2,1-3H3. The molecule has 1 amide bonds. The fourth-order valence-corrected chi connectivity index (χ4v) is 2.95. The minimum Gasteiger partial charge on any atom is -0.372 e. The second kappa shape index (κ2) is 4.59. The molecule has 1 saturated heterocycles. The predicted molar refractivity (Wildman–Crippen MR) is 76.4 cm³/mol. The number of ketones is 1. The quantitative estimate of drug-likeness (QED) is 0.727. The molecule has 2 unspecified atom stereocenters. The van der Waals surface area contributed by atoms with Gasteiger partial charge in [0.05, 0.1) is 23.5 Å². The van der Waals surface area contributed by atoms with Gasteiger partial charge in [0.1, 0.15) is 0 Å². The molecule has 3 rings (SSSR count). The van der Waals surface area contributed by atoms with Crippen LogP contribution in [-0.2, 0) is 9.53 Å². The van der Waals surface area contributed by atoms with Crippen LogP contribution in [0.25, 0.3) is 0 Å². The summed E-state index contributed by atoms with van der Waals surface area (Å²) in [4.78, 5) is 27.1. The Morgan fingerprint density at radius 1 is 1.15 bits per heavy atom. The van der Waals surface area contributed by atoms with Gasteiger partial charge in [0.25, 0.3) is 11.7 Å². The summed E-state index contributed by atoms with van der Waals surface area (Å²) in [6.07, 6.45) is 0.348. The number of carbonyl (C=O) groups is 2. The number of Topliss-reactive ketones (excluding diaryl/α,β-unsaturated/α-hetero) is 1. The largest absolute Gasteiger partial charge is 0.372 e. The van der Waals surface area contributed by atoms with E-state index in [4.69, 9.17) is 4.74 Å². The molecule has 1 aromatic rings. The van der Waals surface area contributed by atoms with Crippen molar-refractivity contribution in [3.05, 3.63) is 23.8 Å². The highest BCUT2D eigenvalue weighted by Gasteiger charge is 2.34. The van der Waals surface area contributed by atoms with Crippen LogP contribution in [0.2, 0.25) is 0 Å². The first-order valence-corrected chi connectivity index (χ1v) is 6.84. The van der Waals surface area contributed by atoms with Gasteiger partial charge in [-0.25, -0.2) is 0 Å². The molecule has 2 atom stereocenters. The van der Waals surface area contributed by atoms with Crippen LogP contribution in [0.4, 0.5) is 11.4 Å². The Bertz CT molecular complexity index is 574. The average molecular weight is 274 g/mol. The lowest BCUT2D eigenvalue weighted by Gasteiger charge is -2.37. The number of hydrogen-bond donors (Lipinski definition) is 0. The Morgan fingerprint density at radius 3 is 2.45 bits per heavy atom. The summed E-state index contributed by atoms with van der Waals surface area (Å²) in [6, 6.07) is 5.58. The van der Waals surface area contributed by atoms with Crippen molar-refractivity contribution < 1.29 is 14.3 Å². The lowest BCUT2D eigenvalue weighted by molar-refractivity contribution is -0.114. The summed E-state index contributed by atoms with van der Waals surface area (Å²) in [6.45, 7) is 5.73. The fourth-order valence-electron chi connectivity index (χ4n) is 2.95. The van der Waals surface area contributed by atoms with Gasteiger partial charge in [0, 0.05) is 25.8 Å². The predicted octanol–water partition coefficient (Wildman–Crippen LogP) is 1.46. The lowest BCUT2D eigenvalue weighted by Crippen LogP contribution is -2.45. The number of anilines is 2. The molecule has 5 heteroatoms. The van der Waals surface area contributed by atoms with Crippen LogP contribution < -0.4 is 9.80 Å². The van der Waals surface area contributed by atoms with Gasteiger partial charge in [-0.3, -0.25) is 9.59 Å². The highest BCUT2D eigenvalue weighted by molar-refractivity contribution is 6.52. The maximum absolute atomic E-state index is 11.8. The van der Waals surface area contributed by atoms with E-state index in [0.29, 0.717) is 11.3 Å². The number of hydrogen-bond acceptors (Lipinski definition) is 4. The first kappa shape index (κ1) is 13.1. The van der Waals surface area contributed by atoms with Crippen molar-refractivity contribution in [3.8, 4) is 0 Å². The van der Waals surface area contributed by atoms with Gasteiger partial charge < -0.3 is 14.5 Å². The Kier molecular flexibility index (Phi) is 3.01. The van der Waals surface area contributed by atoms with Crippen LogP contribution >= 0.6 is 0 Å². The highest BCUT2D eigenvalue weighted by Crippen LogP contribution is 2.32. The Morgan fingerprint density at radius 2 is 1.80 bits per heavy atom. The Labute approximate surface area is 118 Å².